The molecule has 1 aliphatic rings. The number of halogens is 2. The molecule has 5 nitrogen and oxygen atoms in total. The lowest BCUT2D eigenvalue weighted by Crippen LogP contribution is -2.45. The van der Waals surface area contributed by atoms with Crippen LogP contribution in [0.15, 0.2) is 23.3 Å². The number of aliphatic imine (C=N–C) groups is 1. The van der Waals surface area contributed by atoms with Gasteiger partial charge in [0, 0.05) is 38.9 Å². The summed E-state index contributed by atoms with van der Waals surface area (Å²) in [6.45, 7) is 4.69. The lowest BCUT2D eigenvalue weighted by atomic mass is 10.2. The van der Waals surface area contributed by atoms with Crippen LogP contribution in [-0.2, 0) is 0 Å². The van der Waals surface area contributed by atoms with Crippen LogP contribution in [0.3, 0.4) is 0 Å². The van der Waals surface area contributed by atoms with Gasteiger partial charge in [-0.15, -0.1) is 24.0 Å². The van der Waals surface area contributed by atoms with E-state index in [4.69, 9.17) is 0 Å². The first-order valence-corrected chi connectivity index (χ1v) is 8.57. The normalized spacial score (nSPS) is 17.5. The highest BCUT2D eigenvalue weighted by Gasteiger charge is 2.25. The second-order valence-electron chi connectivity index (χ2n) is 5.94. The quantitative estimate of drug-likeness (QED) is 0.291. The number of hydrogen-bond acceptors (Lipinski definition) is 3. The van der Waals surface area contributed by atoms with E-state index in [-0.39, 0.29) is 35.8 Å². The summed E-state index contributed by atoms with van der Waals surface area (Å²) in [5.41, 5.74) is 0. The highest BCUT2D eigenvalue weighted by atomic mass is 127. The second-order valence-corrected chi connectivity index (χ2v) is 5.94. The highest BCUT2D eigenvalue weighted by molar-refractivity contribution is 14.0. The first kappa shape index (κ1) is 20.9. The smallest absolute Gasteiger partial charge is 0.191 e. The number of nitrogens with zero attached hydrogens (tertiary/aromatic N) is 3. The molecule has 0 saturated carbocycles. The Morgan fingerprint density at radius 2 is 2.25 bits per heavy atom. The van der Waals surface area contributed by atoms with E-state index in [0.29, 0.717) is 5.82 Å². The van der Waals surface area contributed by atoms with Crippen molar-refractivity contribution in [2.24, 2.45) is 4.99 Å². The van der Waals surface area contributed by atoms with Gasteiger partial charge < -0.3 is 15.5 Å². The van der Waals surface area contributed by atoms with Gasteiger partial charge in [0.15, 0.2) is 17.6 Å². The summed E-state index contributed by atoms with van der Waals surface area (Å²) in [7, 11) is 1.78. The summed E-state index contributed by atoms with van der Waals surface area (Å²) in [5.74, 6) is 1.01. The van der Waals surface area contributed by atoms with E-state index in [1.54, 1.807) is 19.3 Å². The maximum Gasteiger partial charge on any atom is 0.191 e. The van der Waals surface area contributed by atoms with Crippen molar-refractivity contribution in [2.75, 3.05) is 31.6 Å². The molecule has 2 N–H and O–H groups in total. The fraction of sp³-hybridized carbons (Fsp3) is 0.647. The fourth-order valence-corrected chi connectivity index (χ4v) is 2.83. The Labute approximate surface area is 161 Å². The van der Waals surface area contributed by atoms with Crippen LogP contribution in [0.1, 0.15) is 39.0 Å². The number of guanidine groups is 1. The number of nitrogens with one attached hydrogen (secondary N) is 2. The largest absolute Gasteiger partial charge is 0.356 e. The Bertz CT molecular complexity index is 512. The van der Waals surface area contributed by atoms with Gasteiger partial charge in [-0.2, -0.15) is 0 Å². The number of hydrogen-bond donors (Lipinski definition) is 2. The van der Waals surface area contributed by atoms with E-state index in [1.807, 2.05) is 4.90 Å². The molecular weight excluding hydrogens is 420 g/mol. The maximum absolute atomic E-state index is 13.8. The van der Waals surface area contributed by atoms with Crippen molar-refractivity contribution in [3.63, 3.8) is 0 Å². The van der Waals surface area contributed by atoms with Crippen molar-refractivity contribution < 1.29 is 4.39 Å². The van der Waals surface area contributed by atoms with Crippen LogP contribution in [0, 0.1) is 5.82 Å². The summed E-state index contributed by atoms with van der Waals surface area (Å²) >= 11 is 0. The van der Waals surface area contributed by atoms with E-state index in [2.05, 4.69) is 27.5 Å². The lowest BCUT2D eigenvalue weighted by molar-refractivity contribution is 0.610. The Morgan fingerprint density at radius 3 is 2.96 bits per heavy atom. The minimum Gasteiger partial charge on any atom is -0.356 e. The van der Waals surface area contributed by atoms with Crippen LogP contribution in [0.2, 0.25) is 0 Å². The third-order valence-corrected chi connectivity index (χ3v) is 4.11. The van der Waals surface area contributed by atoms with Gasteiger partial charge >= 0.3 is 0 Å². The van der Waals surface area contributed by atoms with Crippen molar-refractivity contribution in [3.8, 4) is 0 Å². The standard InChI is InChI=1S/C17H28FN5.HI/c1-3-4-5-6-10-21-17(19-2)22-14-9-12-23(13-14)16-15(18)8-7-11-20-16;/h7-8,11,14H,3-6,9-10,12-13H2,1-2H3,(H2,19,21,22);1H. The minimum absolute atomic E-state index is 0. The number of unbranched alkanes of at least 4 members (excludes halogenated alkanes) is 3. The minimum atomic E-state index is -0.258. The number of aromatic nitrogens is 1. The first-order valence-electron chi connectivity index (χ1n) is 8.57. The van der Waals surface area contributed by atoms with E-state index in [1.165, 1.54) is 25.3 Å². The third-order valence-electron chi connectivity index (χ3n) is 4.11. The van der Waals surface area contributed by atoms with Gasteiger partial charge in [-0.3, -0.25) is 4.99 Å². The summed E-state index contributed by atoms with van der Waals surface area (Å²) < 4.78 is 13.8. The van der Waals surface area contributed by atoms with Gasteiger partial charge in [-0.05, 0) is 25.0 Å². The number of rotatable bonds is 7. The van der Waals surface area contributed by atoms with Crippen LogP contribution < -0.4 is 15.5 Å². The molecule has 1 unspecified atom stereocenters. The van der Waals surface area contributed by atoms with Crippen molar-refractivity contribution >= 4 is 35.8 Å². The van der Waals surface area contributed by atoms with Gasteiger partial charge in [0.1, 0.15) is 0 Å². The van der Waals surface area contributed by atoms with Crippen LogP contribution in [0.5, 0.6) is 0 Å². The lowest BCUT2D eigenvalue weighted by Gasteiger charge is -2.20. The SMILES string of the molecule is CCCCCCNC(=NC)NC1CCN(c2ncccc2F)C1.I. The summed E-state index contributed by atoms with van der Waals surface area (Å²) in [5, 5.41) is 6.77. The Morgan fingerprint density at radius 1 is 1.42 bits per heavy atom. The second kappa shape index (κ2) is 11.4. The van der Waals surface area contributed by atoms with Gasteiger partial charge in [-0.25, -0.2) is 9.37 Å². The fourth-order valence-electron chi connectivity index (χ4n) is 2.83. The molecule has 2 heterocycles. The number of anilines is 1. The van der Waals surface area contributed by atoms with Crippen LogP contribution in [0.25, 0.3) is 0 Å². The predicted molar refractivity (Wildman–Crippen MR) is 109 cm³/mol. The average Bonchev–Trinajstić information content (AvgIpc) is 3.02. The maximum atomic E-state index is 13.8. The van der Waals surface area contributed by atoms with Gasteiger partial charge in [0.2, 0.25) is 0 Å². The molecule has 0 aliphatic carbocycles. The highest BCUT2D eigenvalue weighted by Crippen LogP contribution is 2.20. The van der Waals surface area contributed by atoms with Crippen LogP contribution in [-0.4, -0.2) is 43.7 Å². The third kappa shape index (κ3) is 6.41. The summed E-state index contributed by atoms with van der Waals surface area (Å²) in [6, 6.07) is 3.34. The molecule has 0 aromatic carbocycles. The molecule has 1 atom stereocenters. The molecule has 7 heteroatoms. The van der Waals surface area contributed by atoms with E-state index >= 15 is 0 Å². The first-order chi connectivity index (χ1) is 11.2. The zero-order valence-corrected chi connectivity index (χ0v) is 16.9. The molecule has 0 amide bonds. The molecule has 0 spiro atoms. The molecule has 136 valence electrons. The molecule has 0 radical (unpaired) electrons. The Hall–Kier alpha value is -1.12. The monoisotopic (exact) mass is 449 g/mol. The Kier molecular flexibility index (Phi) is 9.97. The van der Waals surface area contributed by atoms with E-state index in [9.17, 15) is 4.39 Å². The van der Waals surface area contributed by atoms with Crippen LogP contribution in [0.4, 0.5) is 10.2 Å². The predicted octanol–water partition coefficient (Wildman–Crippen LogP) is 3.16. The van der Waals surface area contributed by atoms with Crippen molar-refractivity contribution in [2.45, 2.75) is 45.1 Å². The molecule has 1 aromatic rings. The molecule has 1 fully saturated rings. The van der Waals surface area contributed by atoms with Crippen molar-refractivity contribution in [3.05, 3.63) is 24.1 Å². The van der Waals surface area contributed by atoms with E-state index < -0.39 is 0 Å². The molecule has 1 saturated heterocycles. The molecule has 0 bridgehead atoms. The zero-order valence-electron chi connectivity index (χ0n) is 14.6. The van der Waals surface area contributed by atoms with Crippen molar-refractivity contribution in [1.82, 2.24) is 15.6 Å². The topological polar surface area (TPSA) is 52.6 Å². The average molecular weight is 449 g/mol. The Balaban J connectivity index is 0.00000288. The summed E-state index contributed by atoms with van der Waals surface area (Å²) in [6.07, 6.45) is 7.51. The van der Waals surface area contributed by atoms with Gasteiger partial charge in [0.05, 0.1) is 0 Å². The zero-order chi connectivity index (χ0) is 16.5. The van der Waals surface area contributed by atoms with E-state index in [0.717, 1.165) is 38.4 Å². The molecule has 2 rings (SSSR count). The van der Waals surface area contributed by atoms with Crippen LogP contribution >= 0.6 is 24.0 Å². The molecular formula is C17H29FIN5. The molecule has 1 aliphatic heterocycles. The molecule has 1 aromatic heterocycles. The summed E-state index contributed by atoms with van der Waals surface area (Å²) in [4.78, 5) is 10.4. The number of pyridine rings is 1. The van der Waals surface area contributed by atoms with Gasteiger partial charge in [0.25, 0.3) is 0 Å². The molecule has 24 heavy (non-hydrogen) atoms. The van der Waals surface area contributed by atoms with Gasteiger partial charge in [-0.1, -0.05) is 26.2 Å². The van der Waals surface area contributed by atoms with Crippen molar-refractivity contribution in [1.29, 1.82) is 0 Å².